The van der Waals surface area contributed by atoms with Gasteiger partial charge in [-0.15, -0.1) is 0 Å². The molecule has 43 heavy (non-hydrogen) atoms. The number of amides is 3. The van der Waals surface area contributed by atoms with Crippen molar-refractivity contribution in [2.45, 2.75) is 19.9 Å². The van der Waals surface area contributed by atoms with Crippen molar-refractivity contribution in [1.82, 2.24) is 20.1 Å². The fraction of sp³-hybridized carbons (Fsp3) is 0.333. The van der Waals surface area contributed by atoms with Crippen LogP contribution in [0.1, 0.15) is 34.8 Å². The predicted molar refractivity (Wildman–Crippen MR) is 159 cm³/mol. The molecule has 4 heterocycles. The maximum absolute atomic E-state index is 14.9. The van der Waals surface area contributed by atoms with Gasteiger partial charge in [-0.2, -0.15) is 0 Å². The molecule has 9 nitrogen and oxygen atoms in total. The summed E-state index contributed by atoms with van der Waals surface area (Å²) in [7, 11) is 1.33. The number of hydrogen-bond acceptors (Lipinski definition) is 7. The van der Waals surface area contributed by atoms with Gasteiger partial charge in [0.05, 0.1) is 24.8 Å². The zero-order valence-corrected chi connectivity index (χ0v) is 24.2. The maximum atomic E-state index is 14.9. The van der Waals surface area contributed by atoms with Gasteiger partial charge in [-0.1, -0.05) is 43.0 Å². The Bertz CT molecular complexity index is 1660. The molecule has 6 rings (SSSR count). The fourth-order valence-corrected chi connectivity index (χ4v) is 5.89. The number of imide groups is 1. The molecule has 10 heteroatoms. The highest BCUT2D eigenvalue weighted by Crippen LogP contribution is 2.35. The summed E-state index contributed by atoms with van der Waals surface area (Å²) in [6.45, 7) is 7.11. The van der Waals surface area contributed by atoms with E-state index in [9.17, 15) is 18.8 Å². The van der Waals surface area contributed by atoms with Crippen LogP contribution in [0.3, 0.4) is 0 Å². The Balaban J connectivity index is 1.21. The molecular weight excluding hydrogens is 549 g/mol. The van der Waals surface area contributed by atoms with Gasteiger partial charge in [-0.3, -0.25) is 19.7 Å². The van der Waals surface area contributed by atoms with Gasteiger partial charge in [0, 0.05) is 50.4 Å². The van der Waals surface area contributed by atoms with Crippen molar-refractivity contribution in [1.29, 1.82) is 0 Å². The number of ether oxygens (including phenoxy) is 1. The van der Waals surface area contributed by atoms with Gasteiger partial charge in [0.1, 0.15) is 11.2 Å². The average Bonchev–Trinajstić information content (AvgIpc) is 3.50. The van der Waals surface area contributed by atoms with E-state index in [2.05, 4.69) is 33.9 Å². The van der Waals surface area contributed by atoms with Crippen molar-refractivity contribution in [3.8, 4) is 28.8 Å². The minimum atomic E-state index is -1.45. The first kappa shape index (κ1) is 28.4. The highest BCUT2D eigenvalue weighted by Gasteiger charge is 2.49. The quantitative estimate of drug-likeness (QED) is 0.353. The van der Waals surface area contributed by atoms with E-state index in [0.717, 1.165) is 49.8 Å². The number of nitrogens with one attached hydrogen (secondary N) is 1. The van der Waals surface area contributed by atoms with Crippen LogP contribution in [0.4, 0.5) is 10.2 Å². The summed E-state index contributed by atoms with van der Waals surface area (Å²) in [5.74, 6) is 4.63. The van der Waals surface area contributed by atoms with E-state index >= 15 is 0 Å². The number of piperazine rings is 1. The number of anilines is 1. The first-order valence-electron chi connectivity index (χ1n) is 14.4. The van der Waals surface area contributed by atoms with Gasteiger partial charge in [0.2, 0.25) is 11.8 Å². The Hall–Kier alpha value is -4.75. The van der Waals surface area contributed by atoms with E-state index in [-0.39, 0.29) is 30.8 Å². The van der Waals surface area contributed by atoms with Crippen LogP contribution in [-0.2, 0) is 16.1 Å². The summed E-state index contributed by atoms with van der Waals surface area (Å²) in [6.07, 6.45) is -0.188. The topological polar surface area (TPSA) is 95.1 Å². The summed E-state index contributed by atoms with van der Waals surface area (Å²) in [5, 5.41) is 2.32. The second kappa shape index (κ2) is 11.5. The summed E-state index contributed by atoms with van der Waals surface area (Å²) >= 11 is 0. The fourth-order valence-electron chi connectivity index (χ4n) is 5.89. The molecule has 220 valence electrons. The summed E-state index contributed by atoms with van der Waals surface area (Å²) in [4.78, 5) is 49.4. The van der Waals surface area contributed by atoms with Gasteiger partial charge in [-0.05, 0) is 42.4 Å². The van der Waals surface area contributed by atoms with Crippen LogP contribution in [0, 0.1) is 23.1 Å². The normalized spacial score (nSPS) is 20.1. The average molecular weight is 582 g/mol. The Morgan fingerprint density at radius 1 is 1.02 bits per heavy atom. The number of nitrogens with zero attached hydrogens (tertiary/aromatic N) is 4. The molecule has 2 saturated heterocycles. The molecule has 0 spiro atoms. The highest BCUT2D eigenvalue weighted by atomic mass is 19.1. The molecule has 3 aliphatic heterocycles. The van der Waals surface area contributed by atoms with E-state index in [4.69, 9.17) is 9.72 Å². The summed E-state index contributed by atoms with van der Waals surface area (Å²) in [6, 6.07) is 16.7. The van der Waals surface area contributed by atoms with Crippen molar-refractivity contribution in [2.24, 2.45) is 5.41 Å². The monoisotopic (exact) mass is 581 g/mol. The van der Waals surface area contributed by atoms with Crippen molar-refractivity contribution in [2.75, 3.05) is 51.3 Å². The molecule has 1 N–H and O–H groups in total. The van der Waals surface area contributed by atoms with Gasteiger partial charge in [0.15, 0.2) is 11.6 Å². The number of halogens is 1. The molecule has 1 atom stereocenters. The minimum absolute atomic E-state index is 0.0302. The molecule has 0 bridgehead atoms. The number of pyridine rings is 1. The largest absolute Gasteiger partial charge is 0.494 e. The molecule has 3 amide bonds. The molecule has 0 unspecified atom stereocenters. The molecule has 3 aromatic rings. The second-order valence-corrected chi connectivity index (χ2v) is 11.0. The molecule has 2 fully saturated rings. The van der Waals surface area contributed by atoms with Gasteiger partial charge in [-0.25, -0.2) is 9.37 Å². The maximum Gasteiger partial charge on any atom is 0.257 e. The summed E-state index contributed by atoms with van der Waals surface area (Å²) < 4.78 is 19.9. The van der Waals surface area contributed by atoms with Gasteiger partial charge < -0.3 is 19.4 Å². The molecule has 1 aromatic heterocycles. The van der Waals surface area contributed by atoms with Crippen LogP contribution in [0.15, 0.2) is 54.6 Å². The van der Waals surface area contributed by atoms with E-state index < -0.39 is 29.0 Å². The number of benzene rings is 2. The number of aromatic nitrogens is 1. The zero-order chi connectivity index (χ0) is 30.1. The lowest BCUT2D eigenvalue weighted by atomic mass is 9.85. The Labute approximate surface area is 249 Å². The number of hydrogen-bond donors (Lipinski definition) is 1. The van der Waals surface area contributed by atoms with Crippen molar-refractivity contribution in [3.05, 3.63) is 77.1 Å². The number of likely N-dealkylation sites (N-methyl/N-ethyl adjacent to an activating group) is 1. The van der Waals surface area contributed by atoms with E-state index in [1.54, 1.807) is 6.07 Å². The number of rotatable bonds is 6. The Kier molecular flexibility index (Phi) is 7.59. The number of carbonyl (C=O) groups excluding carboxylic acids is 3. The van der Waals surface area contributed by atoms with E-state index in [0.29, 0.717) is 11.1 Å². The van der Waals surface area contributed by atoms with Crippen LogP contribution in [0.2, 0.25) is 0 Å². The molecular formula is C33H32FN5O4. The van der Waals surface area contributed by atoms with E-state index in [1.165, 1.54) is 18.1 Å². The first-order valence-corrected chi connectivity index (χ1v) is 14.4. The zero-order valence-electron chi connectivity index (χ0n) is 24.2. The predicted octanol–water partition coefficient (Wildman–Crippen LogP) is 3.08. The van der Waals surface area contributed by atoms with Crippen molar-refractivity contribution >= 4 is 23.5 Å². The SMILES string of the molecule is CCN1CCN(c2cccc(-c3ccc(C#C[C@]4(CN5Cc6ccc(OC)c(F)c6C5=O)CC(=O)NC4=O)cc3)n2)CC1. The number of carbonyl (C=O) groups is 3. The smallest absolute Gasteiger partial charge is 0.257 e. The third-order valence-corrected chi connectivity index (χ3v) is 8.39. The lowest BCUT2D eigenvalue weighted by molar-refractivity contribution is -0.127. The second-order valence-electron chi connectivity index (χ2n) is 11.0. The van der Waals surface area contributed by atoms with E-state index in [1.807, 2.05) is 42.5 Å². The van der Waals surface area contributed by atoms with Crippen LogP contribution < -0.4 is 15.0 Å². The number of methoxy groups -OCH3 is 1. The van der Waals surface area contributed by atoms with Crippen LogP contribution in [0.5, 0.6) is 5.75 Å². The van der Waals surface area contributed by atoms with Gasteiger partial charge >= 0.3 is 0 Å². The Morgan fingerprint density at radius 3 is 2.47 bits per heavy atom. The van der Waals surface area contributed by atoms with Gasteiger partial charge in [0.25, 0.3) is 5.91 Å². The standard InChI is InChI=1S/C33H32FN5O4/c1-3-37-15-17-38(18-16-37)27-6-4-5-25(35-27)23-9-7-22(8-10-23)13-14-33(19-28(40)36-32(33)42)21-39-20-24-11-12-26(43-2)30(34)29(24)31(39)41/h4-12H,3,15-21H2,1-2H3,(H,36,40,42)/t33-/m1/s1. The highest BCUT2D eigenvalue weighted by molar-refractivity contribution is 6.08. The first-order chi connectivity index (χ1) is 20.8. The van der Waals surface area contributed by atoms with Crippen molar-refractivity contribution in [3.63, 3.8) is 0 Å². The molecule has 0 saturated carbocycles. The third kappa shape index (κ3) is 5.44. The lowest BCUT2D eigenvalue weighted by Crippen LogP contribution is -2.46. The Morgan fingerprint density at radius 2 is 1.79 bits per heavy atom. The van der Waals surface area contributed by atoms with Crippen LogP contribution >= 0.6 is 0 Å². The lowest BCUT2D eigenvalue weighted by Gasteiger charge is -2.34. The molecule has 2 aromatic carbocycles. The minimum Gasteiger partial charge on any atom is -0.494 e. The van der Waals surface area contributed by atoms with Crippen LogP contribution in [-0.4, -0.2) is 78.9 Å². The number of fused-ring (bicyclic) bond motifs is 1. The third-order valence-electron chi connectivity index (χ3n) is 8.39. The molecule has 0 radical (unpaired) electrons. The molecule has 0 aliphatic carbocycles. The van der Waals surface area contributed by atoms with Crippen LogP contribution in [0.25, 0.3) is 11.3 Å². The molecule has 3 aliphatic rings. The summed E-state index contributed by atoms with van der Waals surface area (Å²) in [5.41, 5.74) is 1.39. The van der Waals surface area contributed by atoms with Crippen molar-refractivity contribution < 1.29 is 23.5 Å².